The summed E-state index contributed by atoms with van der Waals surface area (Å²) in [4.78, 5) is 26.4. The van der Waals surface area contributed by atoms with Crippen LogP contribution in [0.1, 0.15) is 35.6 Å². The van der Waals surface area contributed by atoms with Crippen molar-refractivity contribution in [3.05, 3.63) is 41.2 Å². The summed E-state index contributed by atoms with van der Waals surface area (Å²) in [7, 11) is 1.47. The molecule has 1 aromatic heterocycles. The largest absolute Gasteiger partial charge is 0.483 e. The standard InChI is InChI=1S/C21H28N4O4/c1-14-6-7-15(2)18(9-14)29-13-20(27)25-8-4-5-16(11-25)21-17(10-22-24-21)23-19(26)12-28-3/h6-7,9-10,16H,4-5,8,11-13H2,1-3H3,(H,22,24)(H,23,26). The lowest BCUT2D eigenvalue weighted by atomic mass is 9.94. The van der Waals surface area contributed by atoms with Crippen molar-refractivity contribution in [2.75, 3.05) is 38.7 Å². The summed E-state index contributed by atoms with van der Waals surface area (Å²) >= 11 is 0. The molecule has 8 heteroatoms. The average Bonchev–Trinajstić information content (AvgIpc) is 3.16. The predicted molar refractivity (Wildman–Crippen MR) is 109 cm³/mol. The molecule has 0 saturated carbocycles. The Morgan fingerprint density at radius 1 is 1.31 bits per heavy atom. The molecule has 0 radical (unpaired) electrons. The zero-order valence-corrected chi connectivity index (χ0v) is 17.2. The van der Waals surface area contributed by atoms with Crippen LogP contribution in [0.2, 0.25) is 0 Å². The van der Waals surface area contributed by atoms with E-state index in [4.69, 9.17) is 9.47 Å². The van der Waals surface area contributed by atoms with Crippen molar-refractivity contribution in [1.29, 1.82) is 0 Å². The van der Waals surface area contributed by atoms with Crippen molar-refractivity contribution < 1.29 is 19.1 Å². The Hall–Kier alpha value is -2.87. The number of hydrogen-bond donors (Lipinski definition) is 2. The highest BCUT2D eigenvalue weighted by molar-refractivity contribution is 5.92. The van der Waals surface area contributed by atoms with E-state index in [-0.39, 0.29) is 30.9 Å². The molecule has 1 atom stereocenters. The molecule has 29 heavy (non-hydrogen) atoms. The number of ether oxygens (including phenoxy) is 2. The number of H-pyrrole nitrogens is 1. The number of likely N-dealkylation sites (tertiary alicyclic amines) is 1. The molecule has 1 aliphatic rings. The third kappa shape index (κ3) is 5.35. The maximum Gasteiger partial charge on any atom is 0.260 e. The van der Waals surface area contributed by atoms with Gasteiger partial charge in [0.2, 0.25) is 5.91 Å². The fraction of sp³-hybridized carbons (Fsp3) is 0.476. The molecule has 3 rings (SSSR count). The second-order valence-corrected chi connectivity index (χ2v) is 7.42. The number of carbonyl (C=O) groups excluding carboxylic acids is 2. The van der Waals surface area contributed by atoms with Crippen LogP contribution in [-0.2, 0) is 14.3 Å². The number of methoxy groups -OCH3 is 1. The smallest absolute Gasteiger partial charge is 0.260 e. The predicted octanol–water partition coefficient (Wildman–Crippen LogP) is 2.40. The van der Waals surface area contributed by atoms with Gasteiger partial charge in [-0.25, -0.2) is 0 Å². The lowest BCUT2D eigenvalue weighted by Crippen LogP contribution is -2.41. The second kappa shape index (κ2) is 9.56. The third-order valence-corrected chi connectivity index (χ3v) is 5.10. The zero-order chi connectivity index (χ0) is 20.8. The van der Waals surface area contributed by atoms with Crippen molar-refractivity contribution in [3.8, 4) is 5.75 Å². The van der Waals surface area contributed by atoms with Crippen molar-refractivity contribution in [2.24, 2.45) is 0 Å². The topological polar surface area (TPSA) is 96.5 Å². The highest BCUT2D eigenvalue weighted by Crippen LogP contribution is 2.30. The quantitative estimate of drug-likeness (QED) is 0.744. The van der Waals surface area contributed by atoms with Crippen LogP contribution in [-0.4, -0.2) is 60.3 Å². The number of carbonyl (C=O) groups is 2. The molecule has 8 nitrogen and oxygen atoms in total. The van der Waals surface area contributed by atoms with E-state index < -0.39 is 0 Å². The van der Waals surface area contributed by atoms with Gasteiger partial charge in [-0.1, -0.05) is 12.1 Å². The molecule has 1 aromatic carbocycles. The summed E-state index contributed by atoms with van der Waals surface area (Å²) in [5, 5.41) is 9.85. The molecule has 0 bridgehead atoms. The van der Waals surface area contributed by atoms with Crippen LogP contribution in [0.4, 0.5) is 5.69 Å². The Morgan fingerprint density at radius 3 is 2.93 bits per heavy atom. The molecule has 2 amide bonds. The molecule has 2 heterocycles. The minimum atomic E-state index is -0.235. The van der Waals surface area contributed by atoms with Gasteiger partial charge in [-0.15, -0.1) is 0 Å². The Labute approximate surface area is 170 Å². The van der Waals surface area contributed by atoms with Gasteiger partial charge >= 0.3 is 0 Å². The van der Waals surface area contributed by atoms with Gasteiger partial charge in [0.15, 0.2) is 6.61 Å². The van der Waals surface area contributed by atoms with Gasteiger partial charge in [0, 0.05) is 26.1 Å². The van der Waals surface area contributed by atoms with Crippen molar-refractivity contribution >= 4 is 17.5 Å². The molecular weight excluding hydrogens is 372 g/mol. The third-order valence-electron chi connectivity index (χ3n) is 5.10. The molecule has 1 aliphatic heterocycles. The van der Waals surface area contributed by atoms with Gasteiger partial charge in [-0.3, -0.25) is 14.7 Å². The molecule has 2 N–H and O–H groups in total. The number of rotatable bonds is 7. The van der Waals surface area contributed by atoms with E-state index in [1.54, 1.807) is 6.20 Å². The highest BCUT2D eigenvalue weighted by atomic mass is 16.5. The number of anilines is 1. The zero-order valence-electron chi connectivity index (χ0n) is 17.2. The van der Waals surface area contributed by atoms with E-state index >= 15 is 0 Å². The van der Waals surface area contributed by atoms with Crippen LogP contribution < -0.4 is 10.1 Å². The normalized spacial score (nSPS) is 16.5. The first-order chi connectivity index (χ1) is 14.0. The molecule has 0 spiro atoms. The SMILES string of the molecule is COCC(=O)Nc1cn[nH]c1C1CCCN(C(=O)COc2cc(C)ccc2C)C1. The number of amides is 2. The maximum atomic E-state index is 12.7. The summed E-state index contributed by atoms with van der Waals surface area (Å²) in [6, 6.07) is 5.96. The molecule has 2 aromatic rings. The van der Waals surface area contributed by atoms with Gasteiger partial charge in [0.25, 0.3) is 5.91 Å². The van der Waals surface area contributed by atoms with Crippen LogP contribution in [0.3, 0.4) is 0 Å². The summed E-state index contributed by atoms with van der Waals surface area (Å²) < 4.78 is 10.6. The van der Waals surface area contributed by atoms with E-state index in [9.17, 15) is 9.59 Å². The van der Waals surface area contributed by atoms with Crippen LogP contribution in [0.5, 0.6) is 5.75 Å². The number of nitrogens with one attached hydrogen (secondary N) is 2. The maximum absolute atomic E-state index is 12.7. The van der Waals surface area contributed by atoms with Gasteiger partial charge in [-0.2, -0.15) is 5.10 Å². The number of hydrogen-bond acceptors (Lipinski definition) is 5. The molecular formula is C21H28N4O4. The van der Waals surface area contributed by atoms with Crippen LogP contribution in [0, 0.1) is 13.8 Å². The Kier molecular flexibility index (Phi) is 6.87. The fourth-order valence-electron chi connectivity index (χ4n) is 3.56. The first-order valence-electron chi connectivity index (χ1n) is 9.77. The monoisotopic (exact) mass is 400 g/mol. The Bertz CT molecular complexity index is 864. The lowest BCUT2D eigenvalue weighted by Gasteiger charge is -2.32. The molecule has 0 aliphatic carbocycles. The van der Waals surface area contributed by atoms with E-state index in [0.29, 0.717) is 18.8 Å². The van der Waals surface area contributed by atoms with Gasteiger partial charge in [0.1, 0.15) is 12.4 Å². The van der Waals surface area contributed by atoms with Gasteiger partial charge < -0.3 is 19.7 Å². The van der Waals surface area contributed by atoms with E-state index in [1.807, 2.05) is 36.9 Å². The lowest BCUT2D eigenvalue weighted by molar-refractivity contribution is -0.134. The first kappa shape index (κ1) is 20.9. The second-order valence-electron chi connectivity index (χ2n) is 7.42. The van der Waals surface area contributed by atoms with E-state index in [2.05, 4.69) is 15.5 Å². The summed E-state index contributed by atoms with van der Waals surface area (Å²) in [5.41, 5.74) is 3.58. The summed E-state index contributed by atoms with van der Waals surface area (Å²) in [6.07, 6.45) is 3.38. The number of aromatic nitrogens is 2. The fourth-order valence-corrected chi connectivity index (χ4v) is 3.56. The van der Waals surface area contributed by atoms with Gasteiger partial charge in [-0.05, 0) is 43.9 Å². The van der Waals surface area contributed by atoms with Crippen LogP contribution in [0.15, 0.2) is 24.4 Å². The Balaban J connectivity index is 1.60. The number of aryl methyl sites for hydroxylation is 2. The highest BCUT2D eigenvalue weighted by Gasteiger charge is 2.28. The number of aromatic amines is 1. The van der Waals surface area contributed by atoms with E-state index in [1.165, 1.54) is 7.11 Å². The number of piperidine rings is 1. The molecule has 156 valence electrons. The van der Waals surface area contributed by atoms with Gasteiger partial charge in [0.05, 0.1) is 17.6 Å². The van der Waals surface area contributed by atoms with Crippen LogP contribution >= 0.6 is 0 Å². The van der Waals surface area contributed by atoms with Crippen molar-refractivity contribution in [2.45, 2.75) is 32.6 Å². The minimum absolute atomic E-state index is 0.0113. The Morgan fingerprint density at radius 2 is 2.14 bits per heavy atom. The molecule has 1 fully saturated rings. The van der Waals surface area contributed by atoms with Crippen molar-refractivity contribution in [1.82, 2.24) is 15.1 Å². The average molecular weight is 400 g/mol. The van der Waals surface area contributed by atoms with Crippen LogP contribution in [0.25, 0.3) is 0 Å². The number of nitrogens with zero attached hydrogens (tertiary/aromatic N) is 2. The summed E-state index contributed by atoms with van der Waals surface area (Å²) in [5.74, 6) is 0.540. The minimum Gasteiger partial charge on any atom is -0.483 e. The number of benzene rings is 1. The molecule has 1 unspecified atom stereocenters. The summed E-state index contributed by atoms with van der Waals surface area (Å²) in [6.45, 7) is 5.22. The first-order valence-corrected chi connectivity index (χ1v) is 9.77. The van der Waals surface area contributed by atoms with E-state index in [0.717, 1.165) is 35.4 Å². The van der Waals surface area contributed by atoms with Crippen molar-refractivity contribution in [3.63, 3.8) is 0 Å². The molecule has 1 saturated heterocycles.